The lowest BCUT2D eigenvalue weighted by molar-refractivity contribution is -0.139. The molecule has 0 N–H and O–H groups in total. The van der Waals surface area contributed by atoms with Crippen molar-refractivity contribution in [1.82, 2.24) is 0 Å². The highest BCUT2D eigenvalue weighted by molar-refractivity contribution is 7.86. The minimum absolute atomic E-state index is 0.0309. The van der Waals surface area contributed by atoms with Crippen molar-refractivity contribution < 1.29 is 21.8 Å². The van der Waals surface area contributed by atoms with Crippen LogP contribution in [-0.2, 0) is 26.2 Å². The molecule has 0 aromatic heterocycles. The standard InChI is InChI=1S/C9H9FO4S/c1-14-9(11)6-7-2-4-8(5-3-7)15(10,12)13/h2-5H,6H2,1H3. The molecule has 0 saturated heterocycles. The number of hydrogen-bond acceptors (Lipinski definition) is 4. The number of methoxy groups -OCH3 is 1. The predicted molar refractivity (Wildman–Crippen MR) is 50.5 cm³/mol. The average Bonchev–Trinajstić information content (AvgIpc) is 2.17. The normalized spacial score (nSPS) is 11.1. The Kier molecular flexibility index (Phi) is 3.41. The number of hydrogen-bond donors (Lipinski definition) is 0. The van der Waals surface area contributed by atoms with Crippen LogP contribution >= 0.6 is 0 Å². The van der Waals surface area contributed by atoms with Crippen LogP contribution in [0.2, 0.25) is 0 Å². The minimum Gasteiger partial charge on any atom is -0.469 e. The van der Waals surface area contributed by atoms with Gasteiger partial charge in [0.05, 0.1) is 18.4 Å². The van der Waals surface area contributed by atoms with E-state index in [1.54, 1.807) is 0 Å². The number of carbonyl (C=O) groups excluding carboxylic acids is 1. The van der Waals surface area contributed by atoms with E-state index < -0.39 is 21.1 Å². The van der Waals surface area contributed by atoms with Crippen molar-refractivity contribution in [2.45, 2.75) is 11.3 Å². The summed E-state index contributed by atoms with van der Waals surface area (Å²) in [6.45, 7) is 0. The minimum atomic E-state index is -4.67. The number of rotatable bonds is 3. The van der Waals surface area contributed by atoms with Crippen molar-refractivity contribution in [3.63, 3.8) is 0 Å². The van der Waals surface area contributed by atoms with E-state index in [0.29, 0.717) is 5.56 Å². The van der Waals surface area contributed by atoms with Crippen LogP contribution in [0.25, 0.3) is 0 Å². The van der Waals surface area contributed by atoms with Gasteiger partial charge in [0.15, 0.2) is 0 Å². The second-order valence-electron chi connectivity index (χ2n) is 2.83. The van der Waals surface area contributed by atoms with Crippen molar-refractivity contribution in [3.8, 4) is 0 Å². The monoisotopic (exact) mass is 232 g/mol. The Morgan fingerprint density at radius 1 is 1.33 bits per heavy atom. The summed E-state index contributed by atoms with van der Waals surface area (Å²) in [6, 6.07) is 4.94. The predicted octanol–water partition coefficient (Wildman–Crippen LogP) is 1.06. The molecule has 1 aromatic carbocycles. The molecule has 0 saturated carbocycles. The molecule has 15 heavy (non-hydrogen) atoms. The SMILES string of the molecule is COC(=O)Cc1ccc(S(=O)(=O)F)cc1. The van der Waals surface area contributed by atoms with Crippen LogP contribution in [0, 0.1) is 0 Å². The number of carbonyl (C=O) groups is 1. The Labute approximate surface area is 86.9 Å². The third-order valence-electron chi connectivity index (χ3n) is 1.78. The van der Waals surface area contributed by atoms with Crippen LogP contribution in [-0.4, -0.2) is 21.5 Å². The van der Waals surface area contributed by atoms with Gasteiger partial charge in [-0.3, -0.25) is 4.79 Å². The van der Waals surface area contributed by atoms with Crippen LogP contribution in [0.3, 0.4) is 0 Å². The first-order chi connectivity index (χ1) is 6.93. The van der Waals surface area contributed by atoms with Gasteiger partial charge in [-0.05, 0) is 17.7 Å². The summed E-state index contributed by atoms with van der Waals surface area (Å²) in [4.78, 5) is 10.4. The third kappa shape index (κ3) is 3.32. The third-order valence-corrected chi connectivity index (χ3v) is 2.62. The fourth-order valence-corrected chi connectivity index (χ4v) is 1.47. The van der Waals surface area contributed by atoms with Gasteiger partial charge in [-0.15, -0.1) is 3.89 Å². The molecule has 82 valence electrons. The Morgan fingerprint density at radius 3 is 2.27 bits per heavy atom. The van der Waals surface area contributed by atoms with E-state index in [0.717, 1.165) is 12.1 Å². The Balaban J connectivity index is 2.86. The summed E-state index contributed by atoms with van der Waals surface area (Å²) in [5.41, 5.74) is 0.564. The number of esters is 1. The molecule has 6 heteroatoms. The van der Waals surface area contributed by atoms with E-state index in [9.17, 15) is 17.1 Å². The van der Waals surface area contributed by atoms with Crippen molar-refractivity contribution in [3.05, 3.63) is 29.8 Å². The molecule has 0 amide bonds. The van der Waals surface area contributed by atoms with E-state index in [2.05, 4.69) is 4.74 Å². The number of benzene rings is 1. The second-order valence-corrected chi connectivity index (χ2v) is 4.18. The quantitative estimate of drug-likeness (QED) is 0.577. The van der Waals surface area contributed by atoms with Gasteiger partial charge >= 0.3 is 16.2 Å². The summed E-state index contributed by atoms with van der Waals surface area (Å²) in [5.74, 6) is -0.439. The van der Waals surface area contributed by atoms with Crippen molar-refractivity contribution >= 4 is 16.2 Å². The molecule has 0 aliphatic carbocycles. The lowest BCUT2D eigenvalue weighted by atomic mass is 10.2. The van der Waals surface area contributed by atoms with E-state index in [1.165, 1.54) is 19.2 Å². The molecule has 0 spiro atoms. The molecule has 0 unspecified atom stereocenters. The van der Waals surface area contributed by atoms with Crippen LogP contribution in [0.5, 0.6) is 0 Å². The highest BCUT2D eigenvalue weighted by atomic mass is 32.3. The first-order valence-electron chi connectivity index (χ1n) is 4.04. The number of halogens is 1. The van der Waals surface area contributed by atoms with Gasteiger partial charge in [-0.25, -0.2) is 0 Å². The van der Waals surface area contributed by atoms with Gasteiger partial charge < -0.3 is 4.74 Å². The first kappa shape index (κ1) is 11.6. The summed E-state index contributed by atoms with van der Waals surface area (Å²) in [5, 5.41) is 0. The molecule has 0 heterocycles. The van der Waals surface area contributed by atoms with Crippen molar-refractivity contribution in [2.75, 3.05) is 7.11 Å². The Morgan fingerprint density at radius 2 is 1.87 bits per heavy atom. The summed E-state index contributed by atoms with van der Waals surface area (Å²) < 4.78 is 37.8. The Bertz CT molecular complexity index is 450. The van der Waals surface area contributed by atoms with E-state index >= 15 is 0 Å². The molecule has 1 rings (SSSR count). The zero-order chi connectivity index (χ0) is 11.5. The van der Waals surface area contributed by atoms with Crippen LogP contribution in [0.1, 0.15) is 5.56 Å². The largest absolute Gasteiger partial charge is 0.469 e. The van der Waals surface area contributed by atoms with Gasteiger partial charge in [-0.2, -0.15) is 8.42 Å². The highest BCUT2D eigenvalue weighted by Crippen LogP contribution is 2.13. The first-order valence-corrected chi connectivity index (χ1v) is 5.42. The maximum atomic E-state index is 12.5. The summed E-state index contributed by atoms with van der Waals surface area (Å²) >= 11 is 0. The van der Waals surface area contributed by atoms with Gasteiger partial charge in [0.1, 0.15) is 0 Å². The van der Waals surface area contributed by atoms with Crippen LogP contribution < -0.4 is 0 Å². The second kappa shape index (κ2) is 4.39. The fourth-order valence-electron chi connectivity index (χ4n) is 1.01. The van der Waals surface area contributed by atoms with Crippen molar-refractivity contribution in [1.29, 1.82) is 0 Å². The smallest absolute Gasteiger partial charge is 0.332 e. The van der Waals surface area contributed by atoms with Crippen molar-refractivity contribution in [2.24, 2.45) is 0 Å². The van der Waals surface area contributed by atoms with Crippen LogP contribution in [0.15, 0.2) is 29.2 Å². The molecule has 0 aliphatic heterocycles. The molecule has 4 nitrogen and oxygen atoms in total. The fraction of sp³-hybridized carbons (Fsp3) is 0.222. The zero-order valence-electron chi connectivity index (χ0n) is 7.94. The van der Waals surface area contributed by atoms with Gasteiger partial charge in [-0.1, -0.05) is 12.1 Å². The Hall–Kier alpha value is -1.43. The maximum absolute atomic E-state index is 12.5. The average molecular weight is 232 g/mol. The van der Waals surface area contributed by atoms with E-state index in [1.807, 2.05) is 0 Å². The summed E-state index contributed by atoms with van der Waals surface area (Å²) in [6.07, 6.45) is 0.0309. The lowest BCUT2D eigenvalue weighted by Gasteiger charge is -2.00. The maximum Gasteiger partial charge on any atom is 0.332 e. The zero-order valence-corrected chi connectivity index (χ0v) is 8.75. The van der Waals surface area contributed by atoms with Crippen LogP contribution in [0.4, 0.5) is 3.89 Å². The van der Waals surface area contributed by atoms with Gasteiger partial charge in [0, 0.05) is 0 Å². The van der Waals surface area contributed by atoms with Gasteiger partial charge in [0.25, 0.3) is 0 Å². The molecule has 0 fully saturated rings. The van der Waals surface area contributed by atoms with E-state index in [-0.39, 0.29) is 6.42 Å². The highest BCUT2D eigenvalue weighted by Gasteiger charge is 2.11. The molecular formula is C9H9FO4S. The number of ether oxygens (including phenoxy) is 1. The lowest BCUT2D eigenvalue weighted by Crippen LogP contribution is -2.04. The molecule has 0 atom stereocenters. The van der Waals surface area contributed by atoms with Gasteiger partial charge in [0.2, 0.25) is 0 Å². The summed E-state index contributed by atoms with van der Waals surface area (Å²) in [7, 11) is -3.42. The molecule has 0 bridgehead atoms. The topological polar surface area (TPSA) is 60.4 Å². The molecular weight excluding hydrogens is 223 g/mol. The molecule has 0 radical (unpaired) electrons. The molecule has 0 aliphatic rings. The van der Waals surface area contributed by atoms with E-state index in [4.69, 9.17) is 0 Å². The molecule has 1 aromatic rings.